The molecule has 1 atom stereocenters. The Bertz CT molecular complexity index is 797. The molecule has 136 valence electrons. The number of halogens is 1. The van der Waals surface area contributed by atoms with E-state index in [0.717, 1.165) is 46.6 Å². The highest BCUT2D eigenvalue weighted by Gasteiger charge is 2.31. The third-order valence-electron chi connectivity index (χ3n) is 4.79. The van der Waals surface area contributed by atoms with Crippen LogP contribution in [0.2, 0.25) is 0 Å². The number of carbonyl (C=O) groups is 1. The Kier molecular flexibility index (Phi) is 5.13. The Labute approximate surface area is 161 Å². The van der Waals surface area contributed by atoms with Crippen molar-refractivity contribution in [3.8, 4) is 11.5 Å². The maximum atomic E-state index is 12.7. The summed E-state index contributed by atoms with van der Waals surface area (Å²) in [5.41, 5.74) is 1.94. The van der Waals surface area contributed by atoms with E-state index in [1.54, 1.807) is 0 Å². The first-order chi connectivity index (χ1) is 12.7. The first-order valence-electron chi connectivity index (χ1n) is 8.89. The highest BCUT2D eigenvalue weighted by molar-refractivity contribution is 9.10. The van der Waals surface area contributed by atoms with Crippen LogP contribution in [0.25, 0.3) is 0 Å². The summed E-state index contributed by atoms with van der Waals surface area (Å²) < 4.78 is 12.3. The Hall–Kier alpha value is -2.05. The van der Waals surface area contributed by atoms with Gasteiger partial charge in [0, 0.05) is 16.7 Å². The molecule has 26 heavy (non-hydrogen) atoms. The number of hydrogen-bond donors (Lipinski definition) is 1. The SMILES string of the molecule is O=C(Nc1ccccc1)C1CCCN1Cc1cc2c(cc1Br)OCCO2. The largest absolute Gasteiger partial charge is 0.486 e. The van der Waals surface area contributed by atoms with Crippen molar-refractivity contribution in [3.05, 3.63) is 52.5 Å². The van der Waals surface area contributed by atoms with Gasteiger partial charge in [-0.1, -0.05) is 34.1 Å². The number of hydrogen-bond acceptors (Lipinski definition) is 4. The molecule has 2 heterocycles. The number of nitrogens with one attached hydrogen (secondary N) is 1. The lowest BCUT2D eigenvalue weighted by Crippen LogP contribution is -2.39. The average molecular weight is 417 g/mol. The van der Waals surface area contributed by atoms with Crippen LogP contribution in [-0.2, 0) is 11.3 Å². The highest BCUT2D eigenvalue weighted by atomic mass is 79.9. The molecule has 0 aromatic heterocycles. The first kappa shape index (κ1) is 17.4. The summed E-state index contributed by atoms with van der Waals surface area (Å²) in [5.74, 6) is 1.60. The second-order valence-electron chi connectivity index (χ2n) is 6.57. The molecule has 6 heteroatoms. The number of carbonyl (C=O) groups excluding carboxylic acids is 1. The molecule has 2 aliphatic heterocycles. The van der Waals surface area contributed by atoms with Gasteiger partial charge in [-0.05, 0) is 49.2 Å². The van der Waals surface area contributed by atoms with Gasteiger partial charge in [0.25, 0.3) is 0 Å². The summed E-state index contributed by atoms with van der Waals surface area (Å²) in [6.45, 7) is 2.75. The summed E-state index contributed by atoms with van der Waals surface area (Å²) in [6.07, 6.45) is 1.90. The molecule has 2 aromatic carbocycles. The zero-order valence-electron chi connectivity index (χ0n) is 14.4. The van der Waals surface area contributed by atoms with Gasteiger partial charge in [0.15, 0.2) is 11.5 Å². The molecule has 0 saturated carbocycles. The van der Waals surface area contributed by atoms with Gasteiger partial charge in [0.2, 0.25) is 5.91 Å². The molecule has 2 aliphatic rings. The number of anilines is 1. The number of para-hydroxylation sites is 1. The first-order valence-corrected chi connectivity index (χ1v) is 9.68. The van der Waals surface area contributed by atoms with E-state index < -0.39 is 0 Å². The molecule has 0 radical (unpaired) electrons. The molecular weight excluding hydrogens is 396 g/mol. The Balaban J connectivity index is 1.48. The van der Waals surface area contributed by atoms with E-state index in [0.29, 0.717) is 19.8 Å². The monoisotopic (exact) mass is 416 g/mol. The van der Waals surface area contributed by atoms with E-state index in [-0.39, 0.29) is 11.9 Å². The summed E-state index contributed by atoms with van der Waals surface area (Å²) >= 11 is 3.63. The molecule has 1 amide bonds. The van der Waals surface area contributed by atoms with E-state index >= 15 is 0 Å². The normalized spacial score (nSPS) is 19.3. The number of nitrogens with zero attached hydrogens (tertiary/aromatic N) is 1. The number of amides is 1. The van der Waals surface area contributed by atoms with Crippen LogP contribution in [0.1, 0.15) is 18.4 Å². The molecule has 1 fully saturated rings. The second kappa shape index (κ2) is 7.68. The van der Waals surface area contributed by atoms with E-state index in [1.807, 2.05) is 42.5 Å². The molecule has 0 bridgehead atoms. The molecule has 1 saturated heterocycles. The second-order valence-corrected chi connectivity index (χ2v) is 7.43. The van der Waals surface area contributed by atoms with Crippen molar-refractivity contribution in [2.24, 2.45) is 0 Å². The van der Waals surface area contributed by atoms with E-state index in [1.165, 1.54) is 0 Å². The summed E-state index contributed by atoms with van der Waals surface area (Å²) in [6, 6.07) is 13.5. The Morgan fingerprint density at radius 2 is 1.88 bits per heavy atom. The number of rotatable bonds is 4. The fourth-order valence-corrected chi connectivity index (χ4v) is 3.95. The van der Waals surface area contributed by atoms with Crippen LogP contribution in [0.4, 0.5) is 5.69 Å². The molecule has 1 unspecified atom stereocenters. The Morgan fingerprint density at radius 1 is 1.15 bits per heavy atom. The average Bonchev–Trinajstić information content (AvgIpc) is 3.11. The van der Waals surface area contributed by atoms with Gasteiger partial charge < -0.3 is 14.8 Å². The van der Waals surface area contributed by atoms with Crippen LogP contribution in [0, 0.1) is 0 Å². The quantitative estimate of drug-likeness (QED) is 0.822. The van der Waals surface area contributed by atoms with Crippen LogP contribution >= 0.6 is 15.9 Å². The number of benzene rings is 2. The predicted molar refractivity (Wildman–Crippen MR) is 104 cm³/mol. The van der Waals surface area contributed by atoms with E-state index in [9.17, 15) is 4.79 Å². The molecule has 0 spiro atoms. The topological polar surface area (TPSA) is 50.8 Å². The minimum Gasteiger partial charge on any atom is -0.486 e. The van der Waals surface area contributed by atoms with E-state index in [4.69, 9.17) is 9.47 Å². The number of fused-ring (bicyclic) bond motifs is 1. The van der Waals surface area contributed by atoms with Crippen LogP contribution in [-0.4, -0.2) is 36.6 Å². The minimum atomic E-state index is -0.115. The van der Waals surface area contributed by atoms with Crippen molar-refractivity contribution in [1.29, 1.82) is 0 Å². The third-order valence-corrected chi connectivity index (χ3v) is 5.53. The molecule has 4 rings (SSSR count). The van der Waals surface area contributed by atoms with Crippen LogP contribution in [0.5, 0.6) is 11.5 Å². The van der Waals surface area contributed by atoms with Crippen molar-refractivity contribution >= 4 is 27.5 Å². The van der Waals surface area contributed by atoms with Crippen molar-refractivity contribution < 1.29 is 14.3 Å². The molecule has 5 nitrogen and oxygen atoms in total. The zero-order valence-corrected chi connectivity index (χ0v) is 16.0. The highest BCUT2D eigenvalue weighted by Crippen LogP contribution is 2.36. The fraction of sp³-hybridized carbons (Fsp3) is 0.350. The Morgan fingerprint density at radius 3 is 2.65 bits per heavy atom. The van der Waals surface area contributed by atoms with E-state index in [2.05, 4.69) is 26.1 Å². The third kappa shape index (κ3) is 3.71. The smallest absolute Gasteiger partial charge is 0.241 e. The van der Waals surface area contributed by atoms with Gasteiger partial charge in [0.1, 0.15) is 13.2 Å². The van der Waals surface area contributed by atoms with Crippen molar-refractivity contribution in [3.63, 3.8) is 0 Å². The number of likely N-dealkylation sites (tertiary alicyclic amines) is 1. The molecule has 0 aliphatic carbocycles. The maximum Gasteiger partial charge on any atom is 0.241 e. The predicted octanol–water partition coefficient (Wildman–Crippen LogP) is 3.82. The molecule has 2 aromatic rings. The molecule has 1 N–H and O–H groups in total. The van der Waals surface area contributed by atoms with Gasteiger partial charge in [0.05, 0.1) is 6.04 Å². The van der Waals surface area contributed by atoms with Gasteiger partial charge in [-0.3, -0.25) is 9.69 Å². The van der Waals surface area contributed by atoms with Gasteiger partial charge in [-0.25, -0.2) is 0 Å². The van der Waals surface area contributed by atoms with Crippen molar-refractivity contribution in [2.75, 3.05) is 25.1 Å². The summed E-state index contributed by atoms with van der Waals surface area (Å²) in [4.78, 5) is 15.0. The molecular formula is C20H21BrN2O3. The van der Waals surface area contributed by atoms with Crippen LogP contribution < -0.4 is 14.8 Å². The van der Waals surface area contributed by atoms with Gasteiger partial charge in [-0.2, -0.15) is 0 Å². The zero-order chi connectivity index (χ0) is 17.9. The minimum absolute atomic E-state index is 0.0577. The summed E-state index contributed by atoms with van der Waals surface area (Å²) in [7, 11) is 0. The summed E-state index contributed by atoms with van der Waals surface area (Å²) in [5, 5.41) is 3.03. The lowest BCUT2D eigenvalue weighted by atomic mass is 10.1. The lowest BCUT2D eigenvalue weighted by Gasteiger charge is -2.25. The lowest BCUT2D eigenvalue weighted by molar-refractivity contribution is -0.120. The standard InChI is InChI=1S/C20H21BrN2O3/c21-16-12-19-18(25-9-10-26-19)11-14(16)13-23-8-4-7-17(23)20(24)22-15-5-2-1-3-6-15/h1-3,5-6,11-12,17H,4,7-10,13H2,(H,22,24). The maximum absolute atomic E-state index is 12.7. The van der Waals surface area contributed by atoms with Crippen LogP contribution in [0.15, 0.2) is 46.9 Å². The van der Waals surface area contributed by atoms with Gasteiger partial charge in [-0.15, -0.1) is 0 Å². The number of ether oxygens (including phenoxy) is 2. The van der Waals surface area contributed by atoms with Crippen molar-refractivity contribution in [1.82, 2.24) is 4.90 Å². The fourth-order valence-electron chi connectivity index (χ4n) is 3.51. The van der Waals surface area contributed by atoms with Gasteiger partial charge >= 0.3 is 0 Å². The van der Waals surface area contributed by atoms with Crippen LogP contribution in [0.3, 0.4) is 0 Å². The van der Waals surface area contributed by atoms with Crippen molar-refractivity contribution in [2.45, 2.75) is 25.4 Å².